The van der Waals surface area contributed by atoms with Gasteiger partial charge < -0.3 is 15.7 Å². The van der Waals surface area contributed by atoms with Crippen molar-refractivity contribution in [3.63, 3.8) is 0 Å². The summed E-state index contributed by atoms with van der Waals surface area (Å²) in [6.45, 7) is 3.66. The summed E-state index contributed by atoms with van der Waals surface area (Å²) in [5.41, 5.74) is 2.93. The maximum atomic E-state index is 12.7. The van der Waals surface area contributed by atoms with E-state index < -0.39 is 11.8 Å². The highest BCUT2D eigenvalue weighted by Gasteiger charge is 2.17. The Kier molecular flexibility index (Phi) is 6.11. The van der Waals surface area contributed by atoms with Crippen LogP contribution in [0.4, 0.5) is 11.4 Å². The van der Waals surface area contributed by atoms with Gasteiger partial charge in [-0.1, -0.05) is 35.3 Å². The zero-order valence-electron chi connectivity index (χ0n) is 15.7. The number of amides is 2. The fourth-order valence-corrected chi connectivity index (χ4v) is 3.05. The molecule has 0 saturated heterocycles. The summed E-state index contributed by atoms with van der Waals surface area (Å²) in [6, 6.07) is 14.3. The lowest BCUT2D eigenvalue weighted by atomic mass is 10.1. The summed E-state index contributed by atoms with van der Waals surface area (Å²) >= 11 is 12.0. The quantitative estimate of drug-likeness (QED) is 0.489. The number of hydrogen-bond donors (Lipinski definition) is 3. The average molecular weight is 429 g/mol. The van der Waals surface area contributed by atoms with Gasteiger partial charge in [-0.2, -0.15) is 0 Å². The number of carbonyl (C=O) groups is 2. The number of carbonyl (C=O) groups excluding carboxylic acids is 2. The van der Waals surface area contributed by atoms with E-state index in [1.54, 1.807) is 36.4 Å². The minimum atomic E-state index is -0.554. The van der Waals surface area contributed by atoms with E-state index in [0.717, 1.165) is 11.1 Å². The summed E-state index contributed by atoms with van der Waals surface area (Å²) in [5.74, 6) is -1.22. The van der Waals surface area contributed by atoms with Crippen LogP contribution in [-0.4, -0.2) is 16.9 Å². The molecule has 7 heteroatoms. The van der Waals surface area contributed by atoms with Crippen LogP contribution in [-0.2, 0) is 0 Å². The number of nitrogens with one attached hydrogen (secondary N) is 2. The zero-order valence-corrected chi connectivity index (χ0v) is 17.2. The van der Waals surface area contributed by atoms with Gasteiger partial charge in [-0.3, -0.25) is 9.59 Å². The Hall–Kier alpha value is -3.02. The van der Waals surface area contributed by atoms with Crippen LogP contribution < -0.4 is 10.6 Å². The van der Waals surface area contributed by atoms with E-state index in [9.17, 15) is 14.7 Å². The van der Waals surface area contributed by atoms with Crippen LogP contribution in [0, 0.1) is 13.8 Å². The third-order valence-corrected chi connectivity index (χ3v) is 4.87. The minimum absolute atomic E-state index is 0.0279. The molecular formula is C22H18Cl2N2O3. The molecule has 5 nitrogen and oxygen atoms in total. The number of phenols is 1. The van der Waals surface area contributed by atoms with E-state index in [2.05, 4.69) is 10.6 Å². The third-order valence-electron chi connectivity index (χ3n) is 4.40. The van der Waals surface area contributed by atoms with Crippen LogP contribution in [0.5, 0.6) is 5.75 Å². The second-order valence-corrected chi connectivity index (χ2v) is 7.43. The van der Waals surface area contributed by atoms with Gasteiger partial charge in [0.1, 0.15) is 5.75 Å². The van der Waals surface area contributed by atoms with Gasteiger partial charge in [0.05, 0.1) is 5.56 Å². The number of anilines is 2. The molecule has 0 heterocycles. The highest BCUT2D eigenvalue weighted by atomic mass is 35.5. The topological polar surface area (TPSA) is 78.4 Å². The molecule has 29 heavy (non-hydrogen) atoms. The lowest BCUT2D eigenvalue weighted by Crippen LogP contribution is -2.16. The van der Waals surface area contributed by atoms with Gasteiger partial charge in [-0.15, -0.1) is 0 Å². The van der Waals surface area contributed by atoms with Gasteiger partial charge in [0, 0.05) is 27.0 Å². The molecule has 2 amide bonds. The van der Waals surface area contributed by atoms with E-state index in [0.29, 0.717) is 21.4 Å². The first-order valence-electron chi connectivity index (χ1n) is 8.72. The Morgan fingerprint density at radius 3 is 1.83 bits per heavy atom. The largest absolute Gasteiger partial charge is 0.507 e. The zero-order chi connectivity index (χ0) is 21.1. The number of halogens is 2. The molecule has 0 fully saturated rings. The number of aromatic hydroxyl groups is 1. The van der Waals surface area contributed by atoms with Crippen LogP contribution in [0.1, 0.15) is 31.8 Å². The maximum absolute atomic E-state index is 12.7. The van der Waals surface area contributed by atoms with Crippen molar-refractivity contribution in [3.8, 4) is 5.75 Å². The van der Waals surface area contributed by atoms with Crippen LogP contribution in [0.25, 0.3) is 0 Å². The molecule has 0 aliphatic heterocycles. The van der Waals surface area contributed by atoms with Crippen molar-refractivity contribution in [1.29, 1.82) is 0 Å². The van der Waals surface area contributed by atoms with Gasteiger partial charge in [0.15, 0.2) is 0 Å². The predicted molar refractivity (Wildman–Crippen MR) is 116 cm³/mol. The van der Waals surface area contributed by atoms with Crippen molar-refractivity contribution < 1.29 is 14.7 Å². The summed E-state index contributed by atoms with van der Waals surface area (Å²) in [5, 5.41) is 16.6. The molecule has 0 aliphatic carbocycles. The minimum Gasteiger partial charge on any atom is -0.507 e. The van der Waals surface area contributed by atoms with E-state index in [4.69, 9.17) is 23.2 Å². The number of phenolic OH excluding ortho intramolecular Hbond substituents is 1. The van der Waals surface area contributed by atoms with E-state index >= 15 is 0 Å². The molecule has 3 aromatic rings. The number of rotatable bonds is 4. The van der Waals surface area contributed by atoms with Gasteiger partial charge in [-0.25, -0.2) is 0 Å². The Bertz CT molecular complexity index is 1110. The Balaban J connectivity index is 1.85. The van der Waals surface area contributed by atoms with Crippen molar-refractivity contribution in [2.75, 3.05) is 10.6 Å². The summed E-state index contributed by atoms with van der Waals surface area (Å²) < 4.78 is 0. The molecule has 0 spiro atoms. The number of hydrogen-bond acceptors (Lipinski definition) is 3. The van der Waals surface area contributed by atoms with Crippen LogP contribution >= 0.6 is 23.2 Å². The van der Waals surface area contributed by atoms with Crippen molar-refractivity contribution in [2.24, 2.45) is 0 Å². The molecule has 3 aromatic carbocycles. The SMILES string of the molecule is Cc1ccc(Cl)cc1NC(=O)c1ccc(O)c(C(=O)Nc2cc(Cl)ccc2C)c1. The molecule has 3 N–H and O–H groups in total. The molecule has 0 radical (unpaired) electrons. The lowest BCUT2D eigenvalue weighted by molar-refractivity contribution is 0.102. The molecule has 0 aliphatic rings. The Morgan fingerprint density at radius 2 is 1.28 bits per heavy atom. The Morgan fingerprint density at radius 1 is 0.759 bits per heavy atom. The van der Waals surface area contributed by atoms with Crippen molar-refractivity contribution in [2.45, 2.75) is 13.8 Å². The van der Waals surface area contributed by atoms with E-state index in [1.807, 2.05) is 13.8 Å². The smallest absolute Gasteiger partial charge is 0.259 e. The predicted octanol–water partition coefficient (Wildman–Crippen LogP) is 5.82. The first-order valence-corrected chi connectivity index (χ1v) is 9.48. The highest BCUT2D eigenvalue weighted by molar-refractivity contribution is 6.31. The summed E-state index contributed by atoms with van der Waals surface area (Å²) in [4.78, 5) is 25.3. The van der Waals surface area contributed by atoms with E-state index in [1.165, 1.54) is 18.2 Å². The Labute approximate surface area is 178 Å². The molecule has 0 atom stereocenters. The van der Waals surface area contributed by atoms with Crippen LogP contribution in [0.2, 0.25) is 10.0 Å². The van der Waals surface area contributed by atoms with Gasteiger partial charge in [-0.05, 0) is 67.4 Å². The standard InChI is InChI=1S/C22H18Cl2N2O3/c1-12-3-6-15(23)10-18(12)25-21(28)14-5-8-20(27)17(9-14)22(29)26-19-11-16(24)7-4-13(19)2/h3-11,27H,1-2H3,(H,25,28)(H,26,29). The molecule has 3 rings (SSSR count). The van der Waals surface area contributed by atoms with Crippen molar-refractivity contribution >= 4 is 46.4 Å². The third kappa shape index (κ3) is 4.88. The van der Waals surface area contributed by atoms with Gasteiger partial charge in [0.25, 0.3) is 11.8 Å². The van der Waals surface area contributed by atoms with Gasteiger partial charge >= 0.3 is 0 Å². The fourth-order valence-electron chi connectivity index (χ4n) is 2.70. The monoisotopic (exact) mass is 428 g/mol. The van der Waals surface area contributed by atoms with Gasteiger partial charge in [0.2, 0.25) is 0 Å². The van der Waals surface area contributed by atoms with Crippen LogP contribution in [0.3, 0.4) is 0 Å². The molecular weight excluding hydrogens is 411 g/mol. The highest BCUT2D eigenvalue weighted by Crippen LogP contribution is 2.25. The molecule has 148 valence electrons. The molecule has 0 bridgehead atoms. The number of benzene rings is 3. The first-order chi connectivity index (χ1) is 13.7. The molecule has 0 aromatic heterocycles. The maximum Gasteiger partial charge on any atom is 0.259 e. The second kappa shape index (κ2) is 8.55. The molecule has 0 unspecified atom stereocenters. The average Bonchev–Trinajstić information content (AvgIpc) is 2.67. The van der Waals surface area contributed by atoms with E-state index in [-0.39, 0.29) is 16.9 Å². The normalized spacial score (nSPS) is 10.5. The second-order valence-electron chi connectivity index (χ2n) is 6.56. The summed E-state index contributed by atoms with van der Waals surface area (Å²) in [7, 11) is 0. The summed E-state index contributed by atoms with van der Waals surface area (Å²) in [6.07, 6.45) is 0. The van der Waals surface area contributed by atoms with Crippen LogP contribution in [0.15, 0.2) is 54.6 Å². The van der Waals surface area contributed by atoms with Crippen molar-refractivity contribution in [1.82, 2.24) is 0 Å². The molecule has 0 saturated carbocycles. The van der Waals surface area contributed by atoms with Crippen molar-refractivity contribution in [3.05, 3.63) is 86.9 Å². The number of aryl methyl sites for hydroxylation is 2. The fraction of sp³-hybridized carbons (Fsp3) is 0.0909. The lowest BCUT2D eigenvalue weighted by Gasteiger charge is -2.12. The first kappa shape index (κ1) is 20.7.